The first kappa shape index (κ1) is 14.6. The molecular formula is C10H17N3O4S. The predicted octanol–water partition coefficient (Wildman–Crippen LogP) is -0.620. The summed E-state index contributed by atoms with van der Waals surface area (Å²) in [6.07, 6.45) is 2.47. The van der Waals surface area contributed by atoms with E-state index in [2.05, 4.69) is 16.0 Å². The SMILES string of the molecule is CSCC[C@H](NC(=O)NC1CNC(=O)C1)C(=O)O. The first-order valence-corrected chi connectivity index (χ1v) is 6.97. The van der Waals surface area contributed by atoms with Crippen LogP contribution in [0.4, 0.5) is 4.79 Å². The molecule has 8 heteroatoms. The highest BCUT2D eigenvalue weighted by molar-refractivity contribution is 7.98. The minimum Gasteiger partial charge on any atom is -0.480 e. The fraction of sp³-hybridized carbons (Fsp3) is 0.700. The van der Waals surface area contributed by atoms with Crippen LogP contribution in [-0.4, -0.2) is 53.7 Å². The monoisotopic (exact) mass is 275 g/mol. The first-order chi connectivity index (χ1) is 8.52. The van der Waals surface area contributed by atoms with E-state index >= 15 is 0 Å². The zero-order chi connectivity index (χ0) is 13.5. The fourth-order valence-electron chi connectivity index (χ4n) is 1.59. The Morgan fingerprint density at radius 2 is 2.33 bits per heavy atom. The number of aliphatic carboxylic acids is 1. The molecule has 3 amide bonds. The molecule has 0 bridgehead atoms. The van der Waals surface area contributed by atoms with E-state index in [-0.39, 0.29) is 18.4 Å². The Labute approximate surface area is 109 Å². The number of amides is 3. The molecule has 0 aromatic rings. The van der Waals surface area contributed by atoms with Crippen molar-refractivity contribution < 1.29 is 19.5 Å². The Morgan fingerprint density at radius 1 is 1.61 bits per heavy atom. The first-order valence-electron chi connectivity index (χ1n) is 5.58. The Bertz CT molecular complexity index is 337. The van der Waals surface area contributed by atoms with Gasteiger partial charge in [-0.05, 0) is 18.4 Å². The molecule has 1 fully saturated rings. The van der Waals surface area contributed by atoms with Crippen LogP contribution in [0.25, 0.3) is 0 Å². The van der Waals surface area contributed by atoms with E-state index in [9.17, 15) is 14.4 Å². The zero-order valence-electron chi connectivity index (χ0n) is 10.1. The third-order valence-electron chi connectivity index (χ3n) is 2.53. The highest BCUT2D eigenvalue weighted by atomic mass is 32.2. The summed E-state index contributed by atoms with van der Waals surface area (Å²) in [5.41, 5.74) is 0. The second-order valence-corrected chi connectivity index (χ2v) is 4.98. The number of nitrogens with one attached hydrogen (secondary N) is 3. The molecule has 0 saturated carbocycles. The third kappa shape index (κ3) is 4.82. The number of carboxylic acid groups (broad SMARTS) is 1. The predicted molar refractivity (Wildman–Crippen MR) is 67.5 cm³/mol. The molecule has 102 valence electrons. The molecule has 1 aliphatic rings. The summed E-state index contributed by atoms with van der Waals surface area (Å²) in [6.45, 7) is 0.384. The molecule has 1 saturated heterocycles. The van der Waals surface area contributed by atoms with Gasteiger partial charge >= 0.3 is 12.0 Å². The molecule has 7 nitrogen and oxygen atoms in total. The number of hydrogen-bond donors (Lipinski definition) is 4. The Balaban J connectivity index is 2.36. The van der Waals surface area contributed by atoms with Crippen molar-refractivity contribution in [2.24, 2.45) is 0 Å². The van der Waals surface area contributed by atoms with Crippen LogP contribution in [0.5, 0.6) is 0 Å². The van der Waals surface area contributed by atoms with Crippen LogP contribution in [0.2, 0.25) is 0 Å². The van der Waals surface area contributed by atoms with Gasteiger partial charge in [-0.1, -0.05) is 0 Å². The van der Waals surface area contributed by atoms with Crippen LogP contribution in [0.3, 0.4) is 0 Å². The standard InChI is InChI=1S/C10H17N3O4S/c1-18-3-2-7(9(15)16)13-10(17)12-6-4-8(14)11-5-6/h6-7H,2-5H2,1H3,(H,11,14)(H,15,16)(H2,12,13,17)/t6?,7-/m0/s1. The molecule has 1 rings (SSSR count). The van der Waals surface area contributed by atoms with Crippen LogP contribution in [0.15, 0.2) is 0 Å². The summed E-state index contributed by atoms with van der Waals surface area (Å²) < 4.78 is 0. The molecule has 0 aromatic heterocycles. The van der Waals surface area contributed by atoms with E-state index in [0.717, 1.165) is 0 Å². The Morgan fingerprint density at radius 3 is 2.83 bits per heavy atom. The summed E-state index contributed by atoms with van der Waals surface area (Å²) in [6, 6.07) is -1.72. The minimum absolute atomic E-state index is 0.113. The molecule has 0 aromatic carbocycles. The lowest BCUT2D eigenvalue weighted by Gasteiger charge is -2.16. The number of thioether (sulfide) groups is 1. The molecule has 0 spiro atoms. The van der Waals surface area contributed by atoms with E-state index in [1.807, 2.05) is 6.26 Å². The smallest absolute Gasteiger partial charge is 0.326 e. The topological polar surface area (TPSA) is 108 Å². The van der Waals surface area contributed by atoms with E-state index < -0.39 is 18.0 Å². The van der Waals surface area contributed by atoms with Gasteiger partial charge in [-0.25, -0.2) is 9.59 Å². The molecule has 1 unspecified atom stereocenters. The average Bonchev–Trinajstić information content (AvgIpc) is 2.69. The number of hydrogen-bond acceptors (Lipinski definition) is 4. The summed E-state index contributed by atoms with van der Waals surface area (Å²) in [5, 5.41) is 16.5. The molecule has 1 aliphatic heterocycles. The highest BCUT2D eigenvalue weighted by Crippen LogP contribution is 2.02. The molecular weight excluding hydrogens is 258 g/mol. The largest absolute Gasteiger partial charge is 0.480 e. The molecule has 18 heavy (non-hydrogen) atoms. The van der Waals surface area contributed by atoms with Gasteiger partial charge in [-0.3, -0.25) is 4.79 Å². The van der Waals surface area contributed by atoms with E-state index in [4.69, 9.17) is 5.11 Å². The zero-order valence-corrected chi connectivity index (χ0v) is 10.9. The number of carboxylic acids is 1. The van der Waals surface area contributed by atoms with Crippen LogP contribution in [-0.2, 0) is 9.59 Å². The van der Waals surface area contributed by atoms with E-state index in [1.165, 1.54) is 11.8 Å². The van der Waals surface area contributed by atoms with E-state index in [0.29, 0.717) is 18.7 Å². The van der Waals surface area contributed by atoms with Crippen molar-refractivity contribution in [2.75, 3.05) is 18.6 Å². The number of carbonyl (C=O) groups is 3. The Hall–Kier alpha value is -1.44. The summed E-state index contributed by atoms with van der Waals surface area (Å²) in [4.78, 5) is 33.4. The van der Waals surface area contributed by atoms with Crippen molar-refractivity contribution in [3.8, 4) is 0 Å². The van der Waals surface area contributed by atoms with Crippen LogP contribution < -0.4 is 16.0 Å². The van der Waals surface area contributed by atoms with Crippen molar-refractivity contribution in [3.05, 3.63) is 0 Å². The minimum atomic E-state index is -1.06. The molecule has 4 N–H and O–H groups in total. The van der Waals surface area contributed by atoms with Gasteiger partial charge in [0.05, 0.1) is 6.04 Å². The van der Waals surface area contributed by atoms with Crippen molar-refractivity contribution in [3.63, 3.8) is 0 Å². The van der Waals surface area contributed by atoms with Gasteiger partial charge in [0.25, 0.3) is 0 Å². The van der Waals surface area contributed by atoms with Gasteiger partial charge in [0.1, 0.15) is 6.04 Å². The summed E-state index contributed by atoms with van der Waals surface area (Å²) >= 11 is 1.52. The highest BCUT2D eigenvalue weighted by Gasteiger charge is 2.25. The van der Waals surface area contributed by atoms with Gasteiger partial charge in [0.15, 0.2) is 0 Å². The second-order valence-electron chi connectivity index (χ2n) is 4.00. The fourth-order valence-corrected chi connectivity index (χ4v) is 2.06. The lowest BCUT2D eigenvalue weighted by atomic mass is 10.2. The lowest BCUT2D eigenvalue weighted by Crippen LogP contribution is -2.49. The van der Waals surface area contributed by atoms with Crippen LogP contribution >= 0.6 is 11.8 Å². The second kappa shape index (κ2) is 7.10. The molecule has 0 aliphatic carbocycles. The quantitative estimate of drug-likeness (QED) is 0.517. The normalized spacial score (nSPS) is 20.1. The van der Waals surface area contributed by atoms with Crippen LogP contribution in [0.1, 0.15) is 12.8 Å². The maximum atomic E-state index is 11.6. The molecule has 2 atom stereocenters. The molecule has 1 heterocycles. The van der Waals surface area contributed by atoms with Gasteiger partial charge in [0, 0.05) is 13.0 Å². The maximum absolute atomic E-state index is 11.6. The summed E-state index contributed by atoms with van der Waals surface area (Å²) in [7, 11) is 0. The average molecular weight is 275 g/mol. The number of urea groups is 1. The Kier molecular flexibility index (Phi) is 5.76. The number of carbonyl (C=O) groups excluding carboxylic acids is 2. The van der Waals surface area contributed by atoms with Crippen molar-refractivity contribution in [2.45, 2.75) is 24.9 Å². The lowest BCUT2D eigenvalue weighted by molar-refractivity contribution is -0.139. The van der Waals surface area contributed by atoms with Crippen molar-refractivity contribution >= 4 is 29.7 Å². The third-order valence-corrected chi connectivity index (χ3v) is 3.17. The van der Waals surface area contributed by atoms with Gasteiger partial charge < -0.3 is 21.1 Å². The van der Waals surface area contributed by atoms with Crippen LogP contribution in [0, 0.1) is 0 Å². The van der Waals surface area contributed by atoms with Gasteiger partial charge in [-0.15, -0.1) is 0 Å². The van der Waals surface area contributed by atoms with Gasteiger partial charge in [-0.2, -0.15) is 11.8 Å². The molecule has 0 radical (unpaired) electrons. The van der Waals surface area contributed by atoms with Crippen molar-refractivity contribution in [1.29, 1.82) is 0 Å². The maximum Gasteiger partial charge on any atom is 0.326 e. The number of rotatable bonds is 6. The van der Waals surface area contributed by atoms with Gasteiger partial charge in [0.2, 0.25) is 5.91 Å². The van der Waals surface area contributed by atoms with E-state index in [1.54, 1.807) is 0 Å². The summed E-state index contributed by atoms with van der Waals surface area (Å²) in [5.74, 6) is -0.516. The van der Waals surface area contributed by atoms with Crippen molar-refractivity contribution in [1.82, 2.24) is 16.0 Å².